The number of carbonyl (C=O) groups excluding carboxylic acids is 1. The minimum absolute atomic E-state index is 0.105. The Kier molecular flexibility index (Phi) is 6.11. The molecule has 0 saturated heterocycles. The Labute approximate surface area is 180 Å². The fourth-order valence-corrected chi connectivity index (χ4v) is 4.05. The smallest absolute Gasteiger partial charge is 0.362 e. The lowest BCUT2D eigenvalue weighted by atomic mass is 9.95. The van der Waals surface area contributed by atoms with Crippen LogP contribution in [0.15, 0.2) is 51.7 Å². The van der Waals surface area contributed by atoms with Gasteiger partial charge in [-0.1, -0.05) is 37.5 Å². The van der Waals surface area contributed by atoms with E-state index in [1.807, 2.05) is 37.3 Å². The lowest BCUT2D eigenvalue weighted by molar-refractivity contribution is 0.262. The molecule has 2 amide bonds. The van der Waals surface area contributed by atoms with E-state index >= 15 is 0 Å². The molecule has 0 bridgehead atoms. The van der Waals surface area contributed by atoms with Crippen molar-refractivity contribution in [2.45, 2.75) is 45.1 Å². The van der Waals surface area contributed by atoms with Crippen LogP contribution in [-0.4, -0.2) is 19.2 Å². The molecule has 1 aliphatic rings. The maximum atomic E-state index is 12.8. The number of hydrogen-bond acceptors (Lipinski definition) is 5. The summed E-state index contributed by atoms with van der Waals surface area (Å²) in [5.41, 5.74) is 2.09. The topological polar surface area (TPSA) is 92.6 Å². The van der Waals surface area contributed by atoms with E-state index < -0.39 is 11.7 Å². The summed E-state index contributed by atoms with van der Waals surface area (Å²) >= 11 is 0. The van der Waals surface area contributed by atoms with Gasteiger partial charge in [-0.2, -0.15) is 0 Å². The number of urea groups is 1. The summed E-state index contributed by atoms with van der Waals surface area (Å²) in [5, 5.41) is 9.75. The molecule has 0 unspecified atom stereocenters. The lowest BCUT2D eigenvalue weighted by Gasteiger charge is -2.25. The van der Waals surface area contributed by atoms with Gasteiger partial charge in [0.05, 0.1) is 18.5 Å². The maximum Gasteiger partial charge on any atom is 0.362 e. The number of fused-ring (bicyclic) bond motifs is 1. The summed E-state index contributed by atoms with van der Waals surface area (Å²) in [6, 6.07) is 12.5. The third-order valence-corrected chi connectivity index (χ3v) is 5.61. The molecule has 1 saturated carbocycles. The third kappa shape index (κ3) is 4.66. The van der Waals surface area contributed by atoms with Gasteiger partial charge in [0.2, 0.25) is 0 Å². The van der Waals surface area contributed by atoms with Crippen LogP contribution >= 0.6 is 0 Å². The van der Waals surface area contributed by atoms with Gasteiger partial charge >= 0.3 is 11.7 Å². The zero-order valence-electron chi connectivity index (χ0n) is 17.8. The first kappa shape index (κ1) is 20.8. The van der Waals surface area contributed by atoms with Crippen molar-refractivity contribution in [2.75, 3.05) is 23.1 Å². The quantitative estimate of drug-likeness (QED) is 0.473. The lowest BCUT2D eigenvalue weighted by Crippen LogP contribution is -2.28. The molecule has 1 aliphatic carbocycles. The van der Waals surface area contributed by atoms with Crippen molar-refractivity contribution in [1.82, 2.24) is 0 Å². The van der Waals surface area contributed by atoms with Crippen LogP contribution in [0.1, 0.15) is 37.7 Å². The third-order valence-electron chi connectivity index (χ3n) is 5.61. The van der Waals surface area contributed by atoms with E-state index in [1.165, 1.54) is 13.5 Å². The molecule has 1 fully saturated rings. The SMILES string of the molecule is COc1ccc(C)cc1NC(=O)Nc1c(NC2CCCCC2)c2ccccc2oc1=O. The molecule has 7 heteroatoms. The van der Waals surface area contributed by atoms with Crippen LogP contribution in [0.2, 0.25) is 0 Å². The summed E-state index contributed by atoms with van der Waals surface area (Å²) < 4.78 is 10.8. The first-order chi connectivity index (χ1) is 15.0. The van der Waals surface area contributed by atoms with Crippen LogP contribution in [0.3, 0.4) is 0 Å². The Morgan fingerprint density at radius 3 is 2.58 bits per heavy atom. The normalized spacial score (nSPS) is 14.3. The van der Waals surface area contributed by atoms with Gasteiger partial charge in [0, 0.05) is 11.4 Å². The summed E-state index contributed by atoms with van der Waals surface area (Å²) in [4.78, 5) is 25.6. The Morgan fingerprint density at radius 1 is 1.03 bits per heavy atom. The van der Waals surface area contributed by atoms with Gasteiger partial charge in [0.15, 0.2) is 5.69 Å². The molecule has 0 radical (unpaired) electrons. The minimum atomic E-state index is -0.594. The molecular weight excluding hydrogens is 394 g/mol. The average molecular weight is 421 g/mol. The molecule has 31 heavy (non-hydrogen) atoms. The number of nitrogens with one attached hydrogen (secondary N) is 3. The van der Waals surface area contributed by atoms with E-state index in [0.29, 0.717) is 22.7 Å². The molecule has 162 valence electrons. The monoisotopic (exact) mass is 421 g/mol. The molecule has 1 aromatic heterocycles. The number of carbonyl (C=O) groups is 1. The number of amides is 2. The predicted octanol–water partition coefficient (Wildman–Crippen LogP) is 5.50. The zero-order chi connectivity index (χ0) is 21.8. The van der Waals surface area contributed by atoms with Gasteiger partial charge in [-0.25, -0.2) is 9.59 Å². The fraction of sp³-hybridized carbons (Fsp3) is 0.333. The van der Waals surface area contributed by atoms with Crippen molar-refractivity contribution in [3.63, 3.8) is 0 Å². The van der Waals surface area contributed by atoms with Gasteiger partial charge in [-0.05, 0) is 49.6 Å². The second-order valence-corrected chi connectivity index (χ2v) is 7.90. The van der Waals surface area contributed by atoms with Crippen LogP contribution in [0, 0.1) is 6.92 Å². The Balaban J connectivity index is 1.67. The highest BCUT2D eigenvalue weighted by atomic mass is 16.5. The first-order valence-corrected chi connectivity index (χ1v) is 10.6. The van der Waals surface area contributed by atoms with Gasteiger partial charge in [0.25, 0.3) is 0 Å². The van der Waals surface area contributed by atoms with Crippen LogP contribution < -0.4 is 26.3 Å². The van der Waals surface area contributed by atoms with Crippen LogP contribution in [0.4, 0.5) is 21.9 Å². The van der Waals surface area contributed by atoms with Crippen LogP contribution in [0.5, 0.6) is 5.75 Å². The second kappa shape index (κ2) is 9.12. The molecule has 3 aromatic rings. The molecule has 0 aliphatic heterocycles. The van der Waals surface area contributed by atoms with Crippen molar-refractivity contribution in [3.8, 4) is 5.75 Å². The number of ether oxygens (including phenoxy) is 1. The molecule has 1 heterocycles. The molecule has 0 atom stereocenters. The van der Waals surface area contributed by atoms with Crippen molar-refractivity contribution in [1.29, 1.82) is 0 Å². The number of aryl methyl sites for hydroxylation is 1. The van der Waals surface area contributed by atoms with Gasteiger partial charge < -0.3 is 19.8 Å². The largest absolute Gasteiger partial charge is 0.495 e. The van der Waals surface area contributed by atoms with Crippen molar-refractivity contribution < 1.29 is 13.9 Å². The van der Waals surface area contributed by atoms with Crippen molar-refractivity contribution >= 4 is 34.1 Å². The van der Waals surface area contributed by atoms with E-state index in [-0.39, 0.29) is 11.7 Å². The maximum absolute atomic E-state index is 12.8. The molecule has 4 rings (SSSR count). The molecule has 7 nitrogen and oxygen atoms in total. The Hall–Kier alpha value is -3.48. The summed E-state index contributed by atoms with van der Waals surface area (Å²) in [6.07, 6.45) is 5.57. The highest BCUT2D eigenvalue weighted by molar-refractivity contribution is 6.06. The summed E-state index contributed by atoms with van der Waals surface area (Å²) in [6.45, 7) is 1.92. The van der Waals surface area contributed by atoms with Crippen LogP contribution in [0.25, 0.3) is 11.0 Å². The fourth-order valence-electron chi connectivity index (χ4n) is 4.05. The van der Waals surface area contributed by atoms with E-state index in [1.54, 1.807) is 12.1 Å². The van der Waals surface area contributed by atoms with E-state index in [4.69, 9.17) is 9.15 Å². The highest BCUT2D eigenvalue weighted by Crippen LogP contribution is 2.32. The van der Waals surface area contributed by atoms with Gasteiger partial charge in [0.1, 0.15) is 11.3 Å². The number of methoxy groups -OCH3 is 1. The number of hydrogen-bond donors (Lipinski definition) is 3. The van der Waals surface area contributed by atoms with E-state index in [2.05, 4.69) is 16.0 Å². The van der Waals surface area contributed by atoms with Gasteiger partial charge in [-0.3, -0.25) is 5.32 Å². The van der Waals surface area contributed by atoms with E-state index in [0.717, 1.165) is 36.6 Å². The number of para-hydroxylation sites is 1. The molecule has 0 spiro atoms. The highest BCUT2D eigenvalue weighted by Gasteiger charge is 2.21. The average Bonchev–Trinajstić information content (AvgIpc) is 2.77. The number of benzene rings is 2. The van der Waals surface area contributed by atoms with Gasteiger partial charge in [-0.15, -0.1) is 0 Å². The van der Waals surface area contributed by atoms with Crippen molar-refractivity contribution in [3.05, 3.63) is 58.4 Å². The van der Waals surface area contributed by atoms with Crippen molar-refractivity contribution in [2.24, 2.45) is 0 Å². The molecule has 3 N–H and O–H groups in total. The minimum Gasteiger partial charge on any atom is -0.495 e. The summed E-state index contributed by atoms with van der Waals surface area (Å²) in [5.74, 6) is 0.534. The number of rotatable bonds is 5. The van der Waals surface area contributed by atoms with E-state index in [9.17, 15) is 9.59 Å². The Bertz CT molecular complexity index is 1150. The summed E-state index contributed by atoms with van der Waals surface area (Å²) in [7, 11) is 1.54. The number of anilines is 3. The second-order valence-electron chi connectivity index (χ2n) is 7.90. The predicted molar refractivity (Wildman–Crippen MR) is 123 cm³/mol. The molecule has 2 aromatic carbocycles. The standard InChI is InChI=1S/C24H27N3O4/c1-15-12-13-20(30-2)18(14-15)26-24(29)27-22-21(25-16-8-4-3-5-9-16)17-10-6-7-11-19(17)31-23(22)28/h6-7,10-14,16,25H,3-5,8-9H2,1-2H3,(H2,26,27,29). The molecular formula is C24H27N3O4. The van der Waals surface area contributed by atoms with Crippen LogP contribution in [-0.2, 0) is 0 Å². The first-order valence-electron chi connectivity index (χ1n) is 10.6. The zero-order valence-corrected chi connectivity index (χ0v) is 17.8. The Morgan fingerprint density at radius 2 is 1.81 bits per heavy atom.